The Bertz CT molecular complexity index is 408. The van der Waals surface area contributed by atoms with Gasteiger partial charge in [0.2, 0.25) is 0 Å². The molecule has 0 amide bonds. The lowest BCUT2D eigenvalue weighted by molar-refractivity contribution is 0.473. The number of halogens is 1. The Morgan fingerprint density at radius 3 is 2.79 bits per heavy atom. The van der Waals surface area contributed by atoms with Crippen LogP contribution in [-0.4, -0.2) is 12.6 Å². The van der Waals surface area contributed by atoms with Crippen molar-refractivity contribution in [2.45, 2.75) is 18.4 Å². The second kappa shape index (κ2) is 3.27. The third-order valence-corrected chi connectivity index (χ3v) is 3.08. The summed E-state index contributed by atoms with van der Waals surface area (Å²) >= 11 is 5.90. The zero-order valence-corrected chi connectivity index (χ0v) is 8.73. The van der Waals surface area contributed by atoms with E-state index in [1.54, 1.807) is 0 Å². The molecule has 0 aliphatic heterocycles. The van der Waals surface area contributed by atoms with Crippen LogP contribution in [0, 0.1) is 11.3 Å². The molecule has 1 aromatic rings. The smallest absolute Gasteiger partial charge is 0.114 e. The van der Waals surface area contributed by atoms with Gasteiger partial charge in [-0.3, -0.25) is 0 Å². The molecule has 0 bridgehead atoms. The Kier molecular flexibility index (Phi) is 2.22. The number of rotatable bonds is 1. The van der Waals surface area contributed by atoms with Crippen LogP contribution in [0.25, 0.3) is 0 Å². The average Bonchev–Trinajstić information content (AvgIpc) is 2.56. The number of fused-ring (bicyclic) bond motifs is 1. The third-order valence-electron chi connectivity index (χ3n) is 2.85. The van der Waals surface area contributed by atoms with Crippen molar-refractivity contribution in [1.82, 2.24) is 5.32 Å². The van der Waals surface area contributed by atoms with E-state index in [4.69, 9.17) is 16.9 Å². The van der Waals surface area contributed by atoms with Crippen LogP contribution in [0.15, 0.2) is 18.2 Å². The number of likely N-dealkylation sites (N-methyl/N-ethyl adjacent to an activating group) is 1. The highest BCUT2D eigenvalue weighted by atomic mass is 35.5. The molecular weight excluding hydrogens is 196 g/mol. The molecule has 14 heavy (non-hydrogen) atoms. The minimum Gasteiger partial charge on any atom is -0.302 e. The van der Waals surface area contributed by atoms with Crippen molar-refractivity contribution in [1.29, 1.82) is 5.26 Å². The van der Waals surface area contributed by atoms with Crippen molar-refractivity contribution >= 4 is 11.6 Å². The number of benzene rings is 1. The van der Waals surface area contributed by atoms with Crippen LogP contribution in [-0.2, 0) is 12.8 Å². The molecule has 0 aromatic heterocycles. The van der Waals surface area contributed by atoms with Crippen LogP contribution in [0.3, 0.4) is 0 Å². The predicted molar refractivity (Wildman–Crippen MR) is 56.3 cm³/mol. The van der Waals surface area contributed by atoms with Gasteiger partial charge < -0.3 is 5.32 Å². The van der Waals surface area contributed by atoms with E-state index in [0.29, 0.717) is 0 Å². The highest BCUT2D eigenvalue weighted by molar-refractivity contribution is 6.30. The van der Waals surface area contributed by atoms with E-state index < -0.39 is 5.54 Å². The van der Waals surface area contributed by atoms with Crippen LogP contribution in [0.4, 0.5) is 0 Å². The zero-order valence-electron chi connectivity index (χ0n) is 7.97. The minimum atomic E-state index is -0.424. The molecule has 0 spiro atoms. The predicted octanol–water partition coefficient (Wildman–Crippen LogP) is 1.92. The number of hydrogen-bond acceptors (Lipinski definition) is 2. The topological polar surface area (TPSA) is 35.8 Å². The highest BCUT2D eigenvalue weighted by Gasteiger charge is 2.35. The van der Waals surface area contributed by atoms with E-state index >= 15 is 0 Å². The van der Waals surface area contributed by atoms with Gasteiger partial charge in [0, 0.05) is 17.9 Å². The van der Waals surface area contributed by atoms with Crippen molar-refractivity contribution in [3.63, 3.8) is 0 Å². The van der Waals surface area contributed by atoms with Gasteiger partial charge in [-0.05, 0) is 30.3 Å². The molecule has 1 aromatic carbocycles. The van der Waals surface area contributed by atoms with Crippen LogP contribution in [0.2, 0.25) is 5.02 Å². The number of nitriles is 1. The molecule has 1 aliphatic rings. The number of nitrogens with one attached hydrogen (secondary N) is 1. The minimum absolute atomic E-state index is 0.424. The lowest BCUT2D eigenvalue weighted by Gasteiger charge is -2.18. The molecule has 2 rings (SSSR count). The van der Waals surface area contributed by atoms with Gasteiger partial charge in [-0.25, -0.2) is 0 Å². The SMILES string of the molecule is CNC1(C#N)Cc2ccc(Cl)cc2C1. The molecule has 0 fully saturated rings. The van der Waals surface area contributed by atoms with E-state index in [1.165, 1.54) is 11.1 Å². The summed E-state index contributed by atoms with van der Waals surface area (Å²) in [6.07, 6.45) is 1.52. The Morgan fingerprint density at radius 1 is 1.43 bits per heavy atom. The lowest BCUT2D eigenvalue weighted by atomic mass is 9.98. The molecule has 1 unspecified atom stereocenters. The zero-order chi connectivity index (χ0) is 10.2. The van der Waals surface area contributed by atoms with E-state index in [2.05, 4.69) is 11.4 Å². The van der Waals surface area contributed by atoms with Crippen LogP contribution < -0.4 is 5.32 Å². The monoisotopic (exact) mass is 206 g/mol. The number of hydrogen-bond donors (Lipinski definition) is 1. The van der Waals surface area contributed by atoms with Crippen LogP contribution >= 0.6 is 11.6 Å². The van der Waals surface area contributed by atoms with E-state index in [-0.39, 0.29) is 0 Å². The Balaban J connectivity index is 2.39. The summed E-state index contributed by atoms with van der Waals surface area (Å²) in [7, 11) is 1.83. The van der Waals surface area contributed by atoms with Crippen molar-refractivity contribution in [3.8, 4) is 6.07 Å². The van der Waals surface area contributed by atoms with Gasteiger partial charge in [0.1, 0.15) is 5.54 Å². The second-order valence-corrected chi connectivity index (χ2v) is 4.15. The normalized spacial score (nSPS) is 24.4. The van der Waals surface area contributed by atoms with Crippen LogP contribution in [0.5, 0.6) is 0 Å². The fraction of sp³-hybridized carbons (Fsp3) is 0.364. The third kappa shape index (κ3) is 1.39. The van der Waals surface area contributed by atoms with Gasteiger partial charge in [-0.1, -0.05) is 17.7 Å². The van der Waals surface area contributed by atoms with Crippen molar-refractivity contribution in [2.24, 2.45) is 0 Å². The molecule has 0 saturated carbocycles. The largest absolute Gasteiger partial charge is 0.302 e. The van der Waals surface area contributed by atoms with Crippen molar-refractivity contribution < 1.29 is 0 Å². The van der Waals surface area contributed by atoms with Gasteiger partial charge in [-0.2, -0.15) is 5.26 Å². The lowest BCUT2D eigenvalue weighted by Crippen LogP contribution is -2.42. The molecule has 1 aliphatic carbocycles. The van der Waals surface area contributed by atoms with Gasteiger partial charge in [0.15, 0.2) is 0 Å². The standard InChI is InChI=1S/C11H11ClN2/c1-14-11(7-13)5-8-2-3-10(12)4-9(8)6-11/h2-4,14H,5-6H2,1H3. The van der Waals surface area contributed by atoms with E-state index in [1.807, 2.05) is 25.2 Å². The molecule has 3 heteroatoms. The fourth-order valence-electron chi connectivity index (χ4n) is 1.96. The summed E-state index contributed by atoms with van der Waals surface area (Å²) in [5.41, 5.74) is 1.99. The summed E-state index contributed by atoms with van der Waals surface area (Å²) < 4.78 is 0. The summed E-state index contributed by atoms with van der Waals surface area (Å²) in [6.45, 7) is 0. The molecule has 0 heterocycles. The molecule has 72 valence electrons. The van der Waals surface area contributed by atoms with Crippen molar-refractivity contribution in [3.05, 3.63) is 34.3 Å². The maximum absolute atomic E-state index is 9.11. The second-order valence-electron chi connectivity index (χ2n) is 3.71. The molecule has 0 saturated heterocycles. The van der Waals surface area contributed by atoms with E-state index in [0.717, 1.165) is 17.9 Å². The van der Waals surface area contributed by atoms with E-state index in [9.17, 15) is 0 Å². The molecule has 0 radical (unpaired) electrons. The first kappa shape index (κ1) is 9.51. The summed E-state index contributed by atoms with van der Waals surface area (Å²) in [5, 5.41) is 12.9. The van der Waals surface area contributed by atoms with Gasteiger partial charge in [0.25, 0.3) is 0 Å². The molecule has 1 atom stereocenters. The first-order chi connectivity index (χ1) is 6.69. The van der Waals surface area contributed by atoms with Gasteiger partial charge >= 0.3 is 0 Å². The molecule has 1 N–H and O–H groups in total. The Labute approximate surface area is 88.5 Å². The molecule has 2 nitrogen and oxygen atoms in total. The summed E-state index contributed by atoms with van der Waals surface area (Å²) in [4.78, 5) is 0. The Morgan fingerprint density at radius 2 is 2.14 bits per heavy atom. The average molecular weight is 207 g/mol. The van der Waals surface area contributed by atoms with Gasteiger partial charge in [-0.15, -0.1) is 0 Å². The highest BCUT2D eigenvalue weighted by Crippen LogP contribution is 2.31. The van der Waals surface area contributed by atoms with Crippen LogP contribution in [0.1, 0.15) is 11.1 Å². The van der Waals surface area contributed by atoms with Crippen molar-refractivity contribution in [2.75, 3.05) is 7.05 Å². The maximum Gasteiger partial charge on any atom is 0.114 e. The first-order valence-corrected chi connectivity index (χ1v) is 4.94. The number of nitrogens with zero attached hydrogens (tertiary/aromatic N) is 1. The summed E-state index contributed by atoms with van der Waals surface area (Å²) in [6, 6.07) is 8.18. The quantitative estimate of drug-likeness (QED) is 0.762. The maximum atomic E-state index is 9.11. The Hall–Kier alpha value is -1.04. The molecular formula is C11H11ClN2. The summed E-state index contributed by atoms with van der Waals surface area (Å²) in [5.74, 6) is 0. The fourth-order valence-corrected chi connectivity index (χ4v) is 2.15. The van der Waals surface area contributed by atoms with Gasteiger partial charge in [0.05, 0.1) is 6.07 Å². The first-order valence-electron chi connectivity index (χ1n) is 4.56.